The van der Waals surface area contributed by atoms with Gasteiger partial charge in [0, 0.05) is 18.0 Å². The number of aromatic nitrogens is 2. The zero-order chi connectivity index (χ0) is 22.5. The Hall–Kier alpha value is -4.39. The van der Waals surface area contributed by atoms with Gasteiger partial charge in [-0.05, 0) is 52.6 Å². The quantitative estimate of drug-likeness (QED) is 0.467. The number of ether oxygens (including phenoxy) is 1. The van der Waals surface area contributed by atoms with E-state index in [0.717, 1.165) is 22.3 Å². The highest BCUT2D eigenvalue weighted by Gasteiger charge is 2.15. The van der Waals surface area contributed by atoms with Crippen molar-refractivity contribution in [2.75, 3.05) is 12.4 Å². The molecule has 0 radical (unpaired) electrons. The lowest BCUT2D eigenvalue weighted by atomic mass is 9.92. The molecule has 1 heterocycles. The van der Waals surface area contributed by atoms with Crippen LogP contribution in [0.15, 0.2) is 85.2 Å². The Morgan fingerprint density at radius 3 is 2.47 bits per heavy atom. The van der Waals surface area contributed by atoms with Crippen LogP contribution in [0.25, 0.3) is 22.3 Å². The van der Waals surface area contributed by atoms with E-state index in [1.165, 1.54) is 4.68 Å². The molecule has 0 unspecified atom stereocenters. The van der Waals surface area contributed by atoms with E-state index >= 15 is 0 Å². The first-order valence-electron chi connectivity index (χ1n) is 10.00. The molecule has 0 saturated carbocycles. The van der Waals surface area contributed by atoms with Crippen LogP contribution in [0.3, 0.4) is 0 Å². The number of primary amides is 1. The van der Waals surface area contributed by atoms with Crippen LogP contribution in [-0.2, 0) is 11.3 Å². The molecule has 160 valence electrons. The molecule has 0 fully saturated rings. The number of benzene rings is 3. The predicted octanol–water partition coefficient (Wildman–Crippen LogP) is 3.96. The number of anilines is 1. The van der Waals surface area contributed by atoms with E-state index in [1.807, 2.05) is 48.5 Å². The third-order valence-corrected chi connectivity index (χ3v) is 5.04. The first-order chi connectivity index (χ1) is 15.5. The second-order valence-electron chi connectivity index (χ2n) is 7.16. The number of nitrogens with two attached hydrogens (primary N) is 1. The second-order valence-corrected chi connectivity index (χ2v) is 7.16. The third-order valence-electron chi connectivity index (χ3n) is 5.04. The van der Waals surface area contributed by atoms with Crippen molar-refractivity contribution in [3.8, 4) is 28.0 Å². The predicted molar refractivity (Wildman–Crippen MR) is 123 cm³/mol. The van der Waals surface area contributed by atoms with Gasteiger partial charge in [0.25, 0.3) is 0 Å². The van der Waals surface area contributed by atoms with Crippen LogP contribution in [0, 0.1) is 0 Å². The molecule has 7 heteroatoms. The van der Waals surface area contributed by atoms with Crippen molar-refractivity contribution in [1.29, 1.82) is 0 Å². The van der Waals surface area contributed by atoms with Gasteiger partial charge in [-0.1, -0.05) is 42.5 Å². The maximum Gasteiger partial charge on any atom is 0.248 e. The van der Waals surface area contributed by atoms with Crippen LogP contribution in [0.5, 0.6) is 5.75 Å². The molecule has 32 heavy (non-hydrogen) atoms. The SMILES string of the molecule is COc1ccc(-c2cc(C(N)=O)ccc2-c2ccccc2)cc1NC(=O)Cn1cccn1. The van der Waals surface area contributed by atoms with Crippen LogP contribution in [0.1, 0.15) is 10.4 Å². The van der Waals surface area contributed by atoms with Crippen LogP contribution >= 0.6 is 0 Å². The highest BCUT2D eigenvalue weighted by Crippen LogP contribution is 2.37. The molecule has 0 spiro atoms. The molecule has 0 atom stereocenters. The topological polar surface area (TPSA) is 99.2 Å². The van der Waals surface area contributed by atoms with Crippen molar-refractivity contribution in [3.63, 3.8) is 0 Å². The molecular formula is C25H22N4O3. The van der Waals surface area contributed by atoms with Gasteiger partial charge in [0.1, 0.15) is 12.3 Å². The van der Waals surface area contributed by atoms with Crippen molar-refractivity contribution >= 4 is 17.5 Å². The Morgan fingerprint density at radius 2 is 1.78 bits per heavy atom. The number of nitrogens with zero attached hydrogens (tertiary/aromatic N) is 2. The van der Waals surface area contributed by atoms with E-state index in [4.69, 9.17) is 10.5 Å². The Labute approximate surface area is 185 Å². The highest BCUT2D eigenvalue weighted by atomic mass is 16.5. The van der Waals surface area contributed by atoms with E-state index in [2.05, 4.69) is 10.4 Å². The van der Waals surface area contributed by atoms with Gasteiger partial charge in [-0.15, -0.1) is 0 Å². The summed E-state index contributed by atoms with van der Waals surface area (Å²) in [5.74, 6) is -0.222. The number of carbonyl (C=O) groups excluding carboxylic acids is 2. The summed E-state index contributed by atoms with van der Waals surface area (Å²) < 4.78 is 6.98. The molecule has 2 amide bonds. The molecule has 0 aliphatic carbocycles. The Kier molecular flexibility index (Phi) is 5.98. The molecule has 4 aromatic rings. The van der Waals surface area contributed by atoms with Gasteiger partial charge in [0.15, 0.2) is 0 Å². The molecule has 7 nitrogen and oxygen atoms in total. The number of amides is 2. The minimum Gasteiger partial charge on any atom is -0.495 e. The number of hydrogen-bond donors (Lipinski definition) is 2. The van der Waals surface area contributed by atoms with Gasteiger partial charge in [0.2, 0.25) is 11.8 Å². The molecule has 3 N–H and O–H groups in total. The lowest BCUT2D eigenvalue weighted by molar-refractivity contribution is -0.116. The third kappa shape index (κ3) is 4.52. The van der Waals surface area contributed by atoms with E-state index < -0.39 is 5.91 Å². The standard InChI is InChI=1S/C25H22N4O3/c1-32-23-11-9-18(15-22(23)28-24(30)16-29-13-5-12-27-29)21-14-19(25(26)31)8-10-20(21)17-6-3-2-4-7-17/h2-15H,16H2,1H3,(H2,26,31)(H,28,30). The molecule has 0 aliphatic rings. The summed E-state index contributed by atoms with van der Waals surface area (Å²) in [4.78, 5) is 24.4. The van der Waals surface area contributed by atoms with Gasteiger partial charge in [-0.2, -0.15) is 5.10 Å². The molecule has 1 aromatic heterocycles. The van der Waals surface area contributed by atoms with Crippen molar-refractivity contribution in [3.05, 3.63) is 90.8 Å². The van der Waals surface area contributed by atoms with Crippen LogP contribution in [0.4, 0.5) is 5.69 Å². The number of methoxy groups -OCH3 is 1. The molecule has 0 aliphatic heterocycles. The van der Waals surface area contributed by atoms with E-state index in [-0.39, 0.29) is 12.5 Å². The lowest BCUT2D eigenvalue weighted by Gasteiger charge is -2.15. The average Bonchev–Trinajstić information content (AvgIpc) is 3.32. The summed E-state index contributed by atoms with van der Waals surface area (Å²) >= 11 is 0. The van der Waals surface area contributed by atoms with E-state index in [0.29, 0.717) is 17.0 Å². The largest absolute Gasteiger partial charge is 0.495 e. The normalized spacial score (nSPS) is 10.5. The molecule has 3 aromatic carbocycles. The van der Waals surface area contributed by atoms with Crippen molar-refractivity contribution in [2.24, 2.45) is 5.73 Å². The Bertz CT molecular complexity index is 1250. The zero-order valence-electron chi connectivity index (χ0n) is 17.5. The lowest BCUT2D eigenvalue weighted by Crippen LogP contribution is -2.19. The van der Waals surface area contributed by atoms with Gasteiger partial charge in [-0.3, -0.25) is 14.3 Å². The van der Waals surface area contributed by atoms with Crippen LogP contribution in [0.2, 0.25) is 0 Å². The van der Waals surface area contributed by atoms with E-state index in [9.17, 15) is 9.59 Å². The molecular weight excluding hydrogens is 404 g/mol. The fraction of sp³-hybridized carbons (Fsp3) is 0.0800. The number of rotatable bonds is 7. The van der Waals surface area contributed by atoms with Crippen LogP contribution in [-0.4, -0.2) is 28.7 Å². The second kappa shape index (κ2) is 9.18. The van der Waals surface area contributed by atoms with Crippen molar-refractivity contribution < 1.29 is 14.3 Å². The number of nitrogens with one attached hydrogen (secondary N) is 1. The first-order valence-corrected chi connectivity index (χ1v) is 10.00. The number of hydrogen-bond acceptors (Lipinski definition) is 4. The van der Waals surface area contributed by atoms with Crippen molar-refractivity contribution in [2.45, 2.75) is 6.54 Å². The highest BCUT2D eigenvalue weighted by molar-refractivity contribution is 5.98. The van der Waals surface area contributed by atoms with E-state index in [1.54, 1.807) is 43.8 Å². The van der Waals surface area contributed by atoms with Crippen molar-refractivity contribution in [1.82, 2.24) is 9.78 Å². The first kappa shape index (κ1) is 20.9. The summed E-state index contributed by atoms with van der Waals surface area (Å²) in [6, 6.07) is 22.5. The molecule has 4 rings (SSSR count). The fourth-order valence-corrected chi connectivity index (χ4v) is 3.51. The van der Waals surface area contributed by atoms with Gasteiger partial charge < -0.3 is 15.8 Å². The Morgan fingerprint density at radius 1 is 0.969 bits per heavy atom. The summed E-state index contributed by atoms with van der Waals surface area (Å²) in [5, 5.41) is 6.95. The summed E-state index contributed by atoms with van der Waals surface area (Å²) in [6.07, 6.45) is 3.33. The smallest absolute Gasteiger partial charge is 0.248 e. The fourth-order valence-electron chi connectivity index (χ4n) is 3.51. The summed E-state index contributed by atoms with van der Waals surface area (Å²) in [7, 11) is 1.54. The number of carbonyl (C=O) groups is 2. The van der Waals surface area contributed by atoms with Crippen LogP contribution < -0.4 is 15.8 Å². The Balaban J connectivity index is 1.76. The summed E-state index contributed by atoms with van der Waals surface area (Å²) in [6.45, 7) is 0.0762. The van der Waals surface area contributed by atoms with Gasteiger partial charge in [-0.25, -0.2) is 0 Å². The average molecular weight is 426 g/mol. The maximum atomic E-state index is 12.5. The summed E-state index contributed by atoms with van der Waals surface area (Å²) in [5.41, 5.74) is 10.0. The zero-order valence-corrected chi connectivity index (χ0v) is 17.5. The maximum absolute atomic E-state index is 12.5. The van der Waals surface area contributed by atoms with Gasteiger partial charge >= 0.3 is 0 Å². The minimum atomic E-state index is -0.507. The molecule has 0 saturated heterocycles. The minimum absolute atomic E-state index is 0.0762. The monoisotopic (exact) mass is 426 g/mol. The van der Waals surface area contributed by atoms with Gasteiger partial charge in [0.05, 0.1) is 12.8 Å². The molecule has 0 bridgehead atoms.